The highest BCUT2D eigenvalue weighted by Gasteiger charge is 2.20. The lowest BCUT2D eigenvalue weighted by Gasteiger charge is -2.26. The van der Waals surface area contributed by atoms with E-state index in [1.807, 2.05) is 0 Å². The van der Waals surface area contributed by atoms with Crippen LogP contribution in [0.4, 0.5) is 17.1 Å². The molecule has 0 saturated heterocycles. The van der Waals surface area contributed by atoms with E-state index in [2.05, 4.69) is 234 Å². The maximum Gasteiger partial charge on any atom is 0.0788 e. The average molecular weight is 740 g/mol. The quantitative estimate of drug-likeness (QED) is 0.152. The van der Waals surface area contributed by atoms with Crippen molar-refractivity contribution in [1.82, 2.24) is 9.55 Å². The van der Waals surface area contributed by atoms with Crippen molar-refractivity contribution >= 4 is 60.5 Å². The summed E-state index contributed by atoms with van der Waals surface area (Å²) in [5, 5.41) is 5.96. The van der Waals surface area contributed by atoms with Crippen LogP contribution in [0.5, 0.6) is 0 Å². The number of pyridine rings is 1. The van der Waals surface area contributed by atoms with Crippen molar-refractivity contribution in [3.63, 3.8) is 0 Å². The summed E-state index contributed by atoms with van der Waals surface area (Å²) in [7, 11) is 0. The minimum Gasteiger partial charge on any atom is -0.311 e. The summed E-state index contributed by atoms with van der Waals surface area (Å²) in [4.78, 5) is 7.72. The molecule has 0 unspecified atom stereocenters. The molecular weight excluding hydrogens is 703 g/mol. The summed E-state index contributed by atoms with van der Waals surface area (Å²) >= 11 is 0. The van der Waals surface area contributed by atoms with Crippen molar-refractivity contribution in [3.8, 4) is 39.2 Å². The highest BCUT2D eigenvalue weighted by molar-refractivity contribution is 6.26. The molecule has 272 valence electrons. The van der Waals surface area contributed by atoms with Crippen molar-refractivity contribution in [2.45, 2.75) is 0 Å². The number of hydrogen-bond acceptors (Lipinski definition) is 2. The molecule has 0 bridgehead atoms. The van der Waals surface area contributed by atoms with Crippen LogP contribution in [-0.4, -0.2) is 9.55 Å². The van der Waals surface area contributed by atoms with Gasteiger partial charge in [0, 0.05) is 55.2 Å². The van der Waals surface area contributed by atoms with Gasteiger partial charge in [-0.2, -0.15) is 0 Å². The zero-order valence-electron chi connectivity index (χ0n) is 31.7. The van der Waals surface area contributed by atoms with Crippen molar-refractivity contribution in [2.24, 2.45) is 0 Å². The molecule has 58 heavy (non-hydrogen) atoms. The Hall–Kier alpha value is -7.75. The molecule has 0 aliphatic carbocycles. The van der Waals surface area contributed by atoms with Gasteiger partial charge in [0.25, 0.3) is 0 Å². The number of anilines is 3. The number of rotatable bonds is 7. The Bertz CT molecular complexity index is 3140. The van der Waals surface area contributed by atoms with E-state index in [0.717, 1.165) is 50.3 Å². The van der Waals surface area contributed by atoms with Crippen molar-refractivity contribution in [3.05, 3.63) is 224 Å². The van der Waals surface area contributed by atoms with Crippen molar-refractivity contribution in [1.29, 1.82) is 0 Å². The van der Waals surface area contributed by atoms with Gasteiger partial charge in [-0.25, -0.2) is 4.98 Å². The first-order chi connectivity index (χ1) is 28.8. The highest BCUT2D eigenvalue weighted by atomic mass is 15.1. The van der Waals surface area contributed by atoms with Crippen LogP contribution in [0.2, 0.25) is 0 Å². The standard InChI is InChI=1S/C55H37N3/c1-4-14-38(15-5-1)40-24-30-44(31-25-40)57(45-32-26-41(27-33-45)39-16-6-2-7-17-39)46-34-28-42(29-35-46)54-50-37-36-48-47-20-11-13-23-52(47)58(43-18-8-3-9-19-43)55(48)53(50)49-21-10-12-22-51(49)56-54/h1-37H. The van der Waals surface area contributed by atoms with Crippen LogP contribution in [0, 0.1) is 0 Å². The first-order valence-electron chi connectivity index (χ1n) is 19.8. The molecule has 0 fully saturated rings. The second-order valence-corrected chi connectivity index (χ2v) is 14.8. The third-order valence-corrected chi connectivity index (χ3v) is 11.4. The normalized spacial score (nSPS) is 11.4. The maximum atomic E-state index is 5.38. The number of hydrogen-bond donors (Lipinski definition) is 0. The van der Waals surface area contributed by atoms with Crippen LogP contribution in [0.15, 0.2) is 224 Å². The smallest absolute Gasteiger partial charge is 0.0788 e. The van der Waals surface area contributed by atoms with Gasteiger partial charge in [-0.05, 0) is 82.9 Å². The number of benzene rings is 9. The molecule has 0 saturated carbocycles. The second kappa shape index (κ2) is 14.1. The Kier molecular flexibility index (Phi) is 8.15. The van der Waals surface area contributed by atoms with Gasteiger partial charge >= 0.3 is 0 Å². The van der Waals surface area contributed by atoms with Crippen LogP contribution in [0.1, 0.15) is 0 Å². The summed E-state index contributed by atoms with van der Waals surface area (Å²) in [6.07, 6.45) is 0. The Labute approximate surface area is 337 Å². The predicted octanol–water partition coefficient (Wildman–Crippen LogP) is 15.0. The van der Waals surface area contributed by atoms with Gasteiger partial charge < -0.3 is 9.47 Å². The first-order valence-corrected chi connectivity index (χ1v) is 19.8. The van der Waals surface area contributed by atoms with Gasteiger partial charge in [0.1, 0.15) is 0 Å². The summed E-state index contributed by atoms with van der Waals surface area (Å²) in [6.45, 7) is 0. The topological polar surface area (TPSA) is 21.1 Å². The number of fused-ring (bicyclic) bond motifs is 7. The van der Waals surface area contributed by atoms with Crippen LogP contribution >= 0.6 is 0 Å². The van der Waals surface area contributed by atoms with Crippen LogP contribution in [0.3, 0.4) is 0 Å². The van der Waals surface area contributed by atoms with Gasteiger partial charge in [-0.1, -0.05) is 164 Å². The van der Waals surface area contributed by atoms with E-state index >= 15 is 0 Å². The molecule has 0 aliphatic rings. The monoisotopic (exact) mass is 739 g/mol. The van der Waals surface area contributed by atoms with Crippen LogP contribution in [0.25, 0.3) is 82.7 Å². The predicted molar refractivity (Wildman–Crippen MR) is 245 cm³/mol. The lowest BCUT2D eigenvalue weighted by Crippen LogP contribution is -2.09. The van der Waals surface area contributed by atoms with Gasteiger partial charge in [0.2, 0.25) is 0 Å². The Morgan fingerprint density at radius 2 is 0.776 bits per heavy atom. The summed E-state index contributed by atoms with van der Waals surface area (Å²) < 4.78 is 2.43. The van der Waals surface area contributed by atoms with Crippen LogP contribution < -0.4 is 4.90 Å². The van der Waals surface area contributed by atoms with E-state index in [1.54, 1.807) is 0 Å². The van der Waals surface area contributed by atoms with E-state index in [1.165, 1.54) is 49.4 Å². The third-order valence-electron chi connectivity index (χ3n) is 11.4. The number of aromatic nitrogens is 2. The van der Waals surface area contributed by atoms with E-state index in [0.29, 0.717) is 0 Å². The van der Waals surface area contributed by atoms with E-state index in [-0.39, 0.29) is 0 Å². The molecule has 0 aliphatic heterocycles. The molecule has 9 aromatic carbocycles. The fourth-order valence-corrected chi connectivity index (χ4v) is 8.64. The molecule has 2 heterocycles. The van der Waals surface area contributed by atoms with Crippen LogP contribution in [-0.2, 0) is 0 Å². The summed E-state index contributed by atoms with van der Waals surface area (Å²) in [5.74, 6) is 0. The summed E-state index contributed by atoms with van der Waals surface area (Å²) in [5.41, 5.74) is 14.6. The molecule has 0 spiro atoms. The number of para-hydroxylation sites is 3. The average Bonchev–Trinajstić information content (AvgIpc) is 3.65. The second-order valence-electron chi connectivity index (χ2n) is 14.8. The summed E-state index contributed by atoms with van der Waals surface area (Å²) in [6, 6.07) is 80.3. The molecule has 11 rings (SSSR count). The van der Waals surface area contributed by atoms with Gasteiger partial charge in [-0.3, -0.25) is 0 Å². The van der Waals surface area contributed by atoms with Crippen molar-refractivity contribution < 1.29 is 0 Å². The van der Waals surface area contributed by atoms with Gasteiger partial charge in [0.15, 0.2) is 0 Å². The number of nitrogens with zero attached hydrogens (tertiary/aromatic N) is 3. The molecule has 3 heteroatoms. The van der Waals surface area contributed by atoms with Gasteiger partial charge in [-0.15, -0.1) is 0 Å². The molecule has 0 atom stereocenters. The molecular formula is C55H37N3. The molecule has 0 radical (unpaired) electrons. The fraction of sp³-hybridized carbons (Fsp3) is 0. The minimum absolute atomic E-state index is 0.970. The van der Waals surface area contributed by atoms with Crippen molar-refractivity contribution in [2.75, 3.05) is 4.90 Å². The zero-order chi connectivity index (χ0) is 38.4. The lowest BCUT2D eigenvalue weighted by molar-refractivity contribution is 1.19. The zero-order valence-corrected chi connectivity index (χ0v) is 31.7. The fourth-order valence-electron chi connectivity index (χ4n) is 8.64. The SMILES string of the molecule is c1ccc(-c2ccc(N(c3ccc(-c4ccccc4)cc3)c3ccc(-c4nc5ccccc5c5c4ccc4c6ccccc6n(-c6ccccc6)c45)cc3)cc2)cc1. The minimum atomic E-state index is 0.970. The largest absolute Gasteiger partial charge is 0.311 e. The van der Waals surface area contributed by atoms with E-state index in [9.17, 15) is 0 Å². The molecule has 2 aromatic heterocycles. The molecule has 0 amide bonds. The Morgan fingerprint density at radius 3 is 1.36 bits per heavy atom. The lowest BCUT2D eigenvalue weighted by atomic mass is 9.97. The molecule has 11 aromatic rings. The first kappa shape index (κ1) is 33.6. The molecule has 0 N–H and O–H groups in total. The maximum absolute atomic E-state index is 5.38. The third kappa shape index (κ3) is 5.72. The van der Waals surface area contributed by atoms with E-state index < -0.39 is 0 Å². The van der Waals surface area contributed by atoms with Gasteiger partial charge in [0.05, 0.1) is 22.2 Å². The van der Waals surface area contributed by atoms with E-state index in [4.69, 9.17) is 4.98 Å². The Morgan fingerprint density at radius 1 is 0.328 bits per heavy atom. The molecule has 3 nitrogen and oxygen atoms in total. The Balaban J connectivity index is 1.07. The highest BCUT2D eigenvalue weighted by Crippen LogP contribution is 2.43.